The van der Waals surface area contributed by atoms with E-state index in [1.54, 1.807) is 0 Å². The number of carbonyl (C=O) groups is 1. The molecule has 1 aromatic heterocycles. The van der Waals surface area contributed by atoms with Gasteiger partial charge in [0.25, 0.3) is 5.91 Å². The van der Waals surface area contributed by atoms with Crippen LogP contribution in [0, 0.1) is 5.82 Å². The molecule has 4 N–H and O–H groups in total. The maximum absolute atomic E-state index is 13.4. The maximum atomic E-state index is 13.4. The molecule has 0 saturated carbocycles. The molecule has 1 aliphatic rings. The number of carbonyl (C=O) groups excluding carboxylic acids is 1. The molecule has 0 saturated heterocycles. The van der Waals surface area contributed by atoms with E-state index in [-0.39, 0.29) is 17.9 Å². The summed E-state index contributed by atoms with van der Waals surface area (Å²) in [6.07, 6.45) is -4.90. The Balaban J connectivity index is 2.00. The molecule has 0 radical (unpaired) electrons. The number of benzene rings is 1. The highest BCUT2D eigenvalue weighted by Crippen LogP contribution is 2.43. The van der Waals surface area contributed by atoms with Gasteiger partial charge in [0, 0.05) is 12.5 Å². The van der Waals surface area contributed by atoms with Gasteiger partial charge in [-0.1, -0.05) is 12.1 Å². The number of rotatable bonds is 2. The van der Waals surface area contributed by atoms with E-state index in [1.165, 1.54) is 30.3 Å². The van der Waals surface area contributed by atoms with Crippen LogP contribution in [0.3, 0.4) is 0 Å². The van der Waals surface area contributed by atoms with Crippen molar-refractivity contribution in [2.45, 2.75) is 24.7 Å². The standard InChI is InChI=1S/C14H13F4N5O/c15-8-3-1-7(2-4-8)9-5-11(14(16,17)18)23-12(20-9)6-10(22-23)13(24)21-19/h1-4,6,9,11,20H,5,19H2,(H,21,24). The van der Waals surface area contributed by atoms with Crippen LogP contribution in [0.5, 0.6) is 0 Å². The smallest absolute Gasteiger partial charge is 0.363 e. The first-order chi connectivity index (χ1) is 11.3. The van der Waals surface area contributed by atoms with E-state index < -0.39 is 30.0 Å². The largest absolute Gasteiger partial charge is 0.410 e. The first kappa shape index (κ1) is 16.2. The number of aromatic nitrogens is 2. The molecular formula is C14H13F4N5O. The summed E-state index contributed by atoms with van der Waals surface area (Å²) in [6, 6.07) is 3.77. The van der Waals surface area contributed by atoms with Crippen molar-refractivity contribution >= 4 is 11.7 Å². The highest BCUT2D eigenvalue weighted by molar-refractivity contribution is 5.92. The zero-order chi connectivity index (χ0) is 17.5. The first-order valence-electron chi connectivity index (χ1n) is 6.99. The lowest BCUT2D eigenvalue weighted by atomic mass is 9.97. The molecule has 0 fully saturated rings. The second-order valence-corrected chi connectivity index (χ2v) is 5.37. The second-order valence-electron chi connectivity index (χ2n) is 5.37. The number of hydrogen-bond donors (Lipinski definition) is 3. The minimum Gasteiger partial charge on any atom is -0.363 e. The first-order valence-corrected chi connectivity index (χ1v) is 6.99. The number of fused-ring (bicyclic) bond motifs is 1. The van der Waals surface area contributed by atoms with Crippen LogP contribution in [0.25, 0.3) is 0 Å². The van der Waals surface area contributed by atoms with Crippen LogP contribution >= 0.6 is 0 Å². The SMILES string of the molecule is NNC(=O)c1cc2n(n1)C(C(F)(F)F)CC(c1ccc(F)cc1)N2. The van der Waals surface area contributed by atoms with Crippen molar-refractivity contribution in [3.05, 3.63) is 47.4 Å². The summed E-state index contributed by atoms with van der Waals surface area (Å²) in [5.41, 5.74) is 2.10. The number of nitrogens with two attached hydrogens (primary N) is 1. The minimum absolute atomic E-state index is 0.0384. The third kappa shape index (κ3) is 2.92. The Labute approximate surface area is 133 Å². The van der Waals surface area contributed by atoms with Crippen LogP contribution in [0.15, 0.2) is 30.3 Å². The zero-order valence-electron chi connectivity index (χ0n) is 12.1. The van der Waals surface area contributed by atoms with Gasteiger partial charge in [0.05, 0.1) is 6.04 Å². The third-order valence-corrected chi connectivity index (χ3v) is 3.83. The average molecular weight is 343 g/mol. The van der Waals surface area contributed by atoms with Gasteiger partial charge in [0.2, 0.25) is 0 Å². The molecule has 2 atom stereocenters. The van der Waals surface area contributed by atoms with E-state index in [0.29, 0.717) is 5.56 Å². The summed E-state index contributed by atoms with van der Waals surface area (Å²) in [6.45, 7) is 0. The van der Waals surface area contributed by atoms with Crippen molar-refractivity contribution in [2.24, 2.45) is 5.84 Å². The van der Waals surface area contributed by atoms with E-state index in [2.05, 4.69) is 10.4 Å². The molecule has 0 aliphatic carbocycles. The molecule has 1 aromatic carbocycles. The van der Waals surface area contributed by atoms with Gasteiger partial charge >= 0.3 is 6.18 Å². The molecule has 1 aliphatic heterocycles. The molecule has 128 valence electrons. The number of nitrogen functional groups attached to an aromatic ring is 1. The molecule has 24 heavy (non-hydrogen) atoms. The fourth-order valence-corrected chi connectivity index (χ4v) is 2.67. The van der Waals surface area contributed by atoms with Gasteiger partial charge < -0.3 is 5.32 Å². The monoisotopic (exact) mass is 343 g/mol. The number of hydrogen-bond acceptors (Lipinski definition) is 4. The van der Waals surface area contributed by atoms with Gasteiger partial charge in [-0.25, -0.2) is 14.9 Å². The van der Waals surface area contributed by atoms with Gasteiger partial charge in [-0.2, -0.15) is 18.3 Å². The molecule has 2 unspecified atom stereocenters. The van der Waals surface area contributed by atoms with Crippen molar-refractivity contribution in [1.82, 2.24) is 15.2 Å². The molecule has 0 spiro atoms. The Bertz CT molecular complexity index is 756. The predicted octanol–water partition coefficient (Wildman–Crippen LogP) is 2.29. The van der Waals surface area contributed by atoms with E-state index in [0.717, 1.165) is 4.68 Å². The Morgan fingerprint density at radius 3 is 2.58 bits per heavy atom. The highest BCUT2D eigenvalue weighted by atomic mass is 19.4. The Morgan fingerprint density at radius 1 is 1.33 bits per heavy atom. The summed E-state index contributed by atoms with van der Waals surface area (Å²) in [7, 11) is 0. The van der Waals surface area contributed by atoms with Gasteiger partial charge in [0.15, 0.2) is 11.7 Å². The van der Waals surface area contributed by atoms with Crippen LogP contribution in [0.4, 0.5) is 23.4 Å². The van der Waals surface area contributed by atoms with E-state index in [9.17, 15) is 22.4 Å². The topological polar surface area (TPSA) is 85.0 Å². The number of alkyl halides is 3. The van der Waals surface area contributed by atoms with Crippen molar-refractivity contribution in [2.75, 3.05) is 5.32 Å². The second kappa shape index (κ2) is 5.78. The van der Waals surface area contributed by atoms with Crippen molar-refractivity contribution in [3.8, 4) is 0 Å². The summed E-state index contributed by atoms with van der Waals surface area (Å²) in [5, 5.41) is 6.59. The highest BCUT2D eigenvalue weighted by Gasteiger charge is 2.46. The number of hydrazine groups is 1. The minimum atomic E-state index is -4.56. The number of halogens is 4. The van der Waals surface area contributed by atoms with Gasteiger partial charge in [0.1, 0.15) is 11.6 Å². The molecule has 0 bridgehead atoms. The predicted molar refractivity (Wildman–Crippen MR) is 76.4 cm³/mol. The van der Waals surface area contributed by atoms with Crippen molar-refractivity contribution in [3.63, 3.8) is 0 Å². The summed E-state index contributed by atoms with van der Waals surface area (Å²) in [5.74, 6) is 3.75. The summed E-state index contributed by atoms with van der Waals surface area (Å²) < 4.78 is 53.9. The third-order valence-electron chi connectivity index (χ3n) is 3.83. The van der Waals surface area contributed by atoms with Crippen molar-refractivity contribution in [1.29, 1.82) is 0 Å². The molecule has 1 amide bonds. The maximum Gasteiger partial charge on any atom is 0.410 e. The molecule has 6 nitrogen and oxygen atoms in total. The Hall–Kier alpha value is -2.62. The molecular weight excluding hydrogens is 330 g/mol. The van der Waals surface area contributed by atoms with E-state index in [4.69, 9.17) is 5.84 Å². The van der Waals surface area contributed by atoms with Crippen LogP contribution < -0.4 is 16.6 Å². The number of amides is 1. The lowest BCUT2D eigenvalue weighted by molar-refractivity contribution is -0.173. The molecule has 3 rings (SSSR count). The number of nitrogens with one attached hydrogen (secondary N) is 2. The molecule has 10 heteroatoms. The summed E-state index contributed by atoms with van der Waals surface area (Å²) >= 11 is 0. The van der Waals surface area contributed by atoms with Gasteiger partial charge in [-0.3, -0.25) is 10.2 Å². The Kier molecular flexibility index (Phi) is 3.91. The average Bonchev–Trinajstić information content (AvgIpc) is 2.96. The number of anilines is 1. The van der Waals surface area contributed by atoms with Crippen LogP contribution in [-0.4, -0.2) is 21.9 Å². The fourth-order valence-electron chi connectivity index (χ4n) is 2.67. The van der Waals surface area contributed by atoms with Crippen molar-refractivity contribution < 1.29 is 22.4 Å². The van der Waals surface area contributed by atoms with E-state index >= 15 is 0 Å². The van der Waals surface area contributed by atoms with Crippen LogP contribution in [0.2, 0.25) is 0 Å². The molecule has 2 aromatic rings. The lowest BCUT2D eigenvalue weighted by Crippen LogP contribution is -2.36. The lowest BCUT2D eigenvalue weighted by Gasteiger charge is -2.33. The van der Waals surface area contributed by atoms with Crippen LogP contribution in [-0.2, 0) is 0 Å². The molecule has 2 heterocycles. The summed E-state index contributed by atoms with van der Waals surface area (Å²) in [4.78, 5) is 11.5. The normalized spacial score (nSPS) is 20.2. The van der Waals surface area contributed by atoms with Gasteiger partial charge in [-0.15, -0.1) is 0 Å². The number of nitrogens with zero attached hydrogens (tertiary/aromatic N) is 2. The zero-order valence-corrected chi connectivity index (χ0v) is 12.1. The fraction of sp³-hybridized carbons (Fsp3) is 0.286. The Morgan fingerprint density at radius 2 is 2.00 bits per heavy atom. The quantitative estimate of drug-likeness (QED) is 0.338. The van der Waals surface area contributed by atoms with Crippen LogP contribution in [0.1, 0.15) is 34.6 Å². The van der Waals surface area contributed by atoms with E-state index in [1.807, 2.05) is 5.43 Å². The van der Waals surface area contributed by atoms with Gasteiger partial charge in [-0.05, 0) is 17.7 Å².